The maximum atomic E-state index is 3.63. The Hall–Kier alpha value is -3.88. The van der Waals surface area contributed by atoms with Crippen LogP contribution >= 0.6 is 15.9 Å². The van der Waals surface area contributed by atoms with Gasteiger partial charge in [0.15, 0.2) is 0 Å². The molecule has 2 atom stereocenters. The topological polar surface area (TPSA) is 3.24 Å². The molecule has 7 rings (SSSR count). The number of fused-ring (bicyclic) bond motifs is 3. The first-order valence-electron chi connectivity index (χ1n) is 13.3. The standard InChI is InChI=1S/C36H28BrN/c37-31-18-13-27(14-19-31)28-9-6-10-29(23-28)30-17-22-36-34(24-30)33-11-4-5-12-35(33)38(36)32-20-15-26(16-21-32)25-7-2-1-3-8-25/h1-13,15-18,20-24,34,36H,14,19H2. The predicted molar refractivity (Wildman–Crippen MR) is 165 cm³/mol. The van der Waals surface area contributed by atoms with Gasteiger partial charge in [-0.15, -0.1) is 0 Å². The summed E-state index contributed by atoms with van der Waals surface area (Å²) >= 11 is 3.63. The SMILES string of the molecule is BrC1=CC=C(c2cccc(C3=CC4c5ccccc5N(c5ccc(-c6ccccc6)cc5)C4C=C3)c2)CC1. The number of nitrogens with zero attached hydrogens (tertiary/aromatic N) is 1. The van der Waals surface area contributed by atoms with E-state index >= 15 is 0 Å². The molecule has 38 heavy (non-hydrogen) atoms. The highest BCUT2D eigenvalue weighted by Crippen LogP contribution is 2.49. The molecule has 4 aromatic carbocycles. The zero-order valence-corrected chi connectivity index (χ0v) is 22.7. The third kappa shape index (κ3) is 4.19. The molecule has 184 valence electrons. The zero-order chi connectivity index (χ0) is 25.5. The van der Waals surface area contributed by atoms with E-state index in [1.807, 2.05) is 0 Å². The minimum atomic E-state index is 0.269. The summed E-state index contributed by atoms with van der Waals surface area (Å²) in [7, 11) is 0. The average molecular weight is 555 g/mol. The Morgan fingerprint density at radius 2 is 1.39 bits per heavy atom. The number of rotatable bonds is 4. The summed E-state index contributed by atoms with van der Waals surface area (Å²) in [5.41, 5.74) is 11.7. The van der Waals surface area contributed by atoms with Crippen LogP contribution in [-0.2, 0) is 0 Å². The van der Waals surface area contributed by atoms with Crippen LogP contribution in [0.4, 0.5) is 11.4 Å². The van der Waals surface area contributed by atoms with Gasteiger partial charge in [0.25, 0.3) is 0 Å². The number of anilines is 2. The van der Waals surface area contributed by atoms with Crippen LogP contribution in [0.15, 0.2) is 138 Å². The van der Waals surface area contributed by atoms with Crippen molar-refractivity contribution in [1.29, 1.82) is 0 Å². The highest BCUT2D eigenvalue weighted by atomic mass is 79.9. The summed E-state index contributed by atoms with van der Waals surface area (Å²) in [4.78, 5) is 2.51. The van der Waals surface area contributed by atoms with Gasteiger partial charge >= 0.3 is 0 Å². The second-order valence-electron chi connectivity index (χ2n) is 10.2. The molecule has 0 bridgehead atoms. The molecular weight excluding hydrogens is 526 g/mol. The molecule has 0 saturated heterocycles. The molecule has 0 N–H and O–H groups in total. The number of para-hydroxylation sites is 1. The minimum Gasteiger partial charge on any atom is -0.333 e. The van der Waals surface area contributed by atoms with Crippen LogP contribution in [0.3, 0.4) is 0 Å². The molecule has 2 aliphatic carbocycles. The van der Waals surface area contributed by atoms with E-state index in [9.17, 15) is 0 Å². The third-order valence-electron chi connectivity index (χ3n) is 7.97. The van der Waals surface area contributed by atoms with Gasteiger partial charge in [-0.3, -0.25) is 0 Å². The molecule has 2 heteroatoms. The fourth-order valence-electron chi connectivity index (χ4n) is 6.04. The van der Waals surface area contributed by atoms with Crippen LogP contribution in [0.1, 0.15) is 35.4 Å². The summed E-state index contributed by atoms with van der Waals surface area (Å²) in [5, 5.41) is 0. The quantitative estimate of drug-likeness (QED) is 0.243. The Morgan fingerprint density at radius 3 is 2.21 bits per heavy atom. The number of hydrogen-bond acceptors (Lipinski definition) is 1. The molecule has 0 saturated carbocycles. The second-order valence-corrected chi connectivity index (χ2v) is 11.2. The van der Waals surface area contributed by atoms with Crippen molar-refractivity contribution in [3.63, 3.8) is 0 Å². The Morgan fingerprint density at radius 1 is 0.658 bits per heavy atom. The van der Waals surface area contributed by atoms with Crippen molar-refractivity contribution in [3.8, 4) is 11.1 Å². The average Bonchev–Trinajstić information content (AvgIpc) is 3.32. The summed E-state index contributed by atoms with van der Waals surface area (Å²) in [6.07, 6.45) is 13.8. The van der Waals surface area contributed by atoms with Gasteiger partial charge in [-0.25, -0.2) is 0 Å². The summed E-state index contributed by atoms with van der Waals surface area (Å²) < 4.78 is 1.28. The fraction of sp³-hybridized carbons (Fsp3) is 0.111. The van der Waals surface area contributed by atoms with E-state index in [4.69, 9.17) is 0 Å². The number of allylic oxidation sites excluding steroid dienone is 6. The summed E-state index contributed by atoms with van der Waals surface area (Å²) in [6.45, 7) is 0. The molecule has 1 nitrogen and oxygen atoms in total. The van der Waals surface area contributed by atoms with Crippen molar-refractivity contribution < 1.29 is 0 Å². The van der Waals surface area contributed by atoms with Crippen molar-refractivity contribution in [2.45, 2.75) is 24.8 Å². The molecule has 3 aliphatic rings. The lowest BCUT2D eigenvalue weighted by Crippen LogP contribution is -2.28. The van der Waals surface area contributed by atoms with Crippen molar-refractivity contribution >= 4 is 38.5 Å². The van der Waals surface area contributed by atoms with E-state index in [0.29, 0.717) is 5.92 Å². The third-order valence-corrected chi connectivity index (χ3v) is 8.63. The second kappa shape index (κ2) is 9.78. The molecule has 0 aromatic heterocycles. The van der Waals surface area contributed by atoms with E-state index in [2.05, 4.69) is 154 Å². The Labute approximate surface area is 233 Å². The van der Waals surface area contributed by atoms with E-state index < -0.39 is 0 Å². The highest BCUT2D eigenvalue weighted by Gasteiger charge is 2.38. The van der Waals surface area contributed by atoms with Crippen LogP contribution in [0, 0.1) is 0 Å². The van der Waals surface area contributed by atoms with Crippen molar-refractivity contribution in [2.24, 2.45) is 0 Å². The maximum absolute atomic E-state index is 3.63. The van der Waals surface area contributed by atoms with Crippen LogP contribution in [-0.4, -0.2) is 6.04 Å². The van der Waals surface area contributed by atoms with Gasteiger partial charge in [0, 0.05) is 17.3 Å². The van der Waals surface area contributed by atoms with Gasteiger partial charge < -0.3 is 4.90 Å². The first kappa shape index (κ1) is 23.3. The van der Waals surface area contributed by atoms with Gasteiger partial charge in [0.2, 0.25) is 0 Å². The van der Waals surface area contributed by atoms with Crippen molar-refractivity contribution in [3.05, 3.63) is 155 Å². The Kier molecular flexibility index (Phi) is 5.98. The lowest BCUT2D eigenvalue weighted by molar-refractivity contribution is 0.747. The molecule has 0 fully saturated rings. The molecule has 0 radical (unpaired) electrons. The molecule has 1 heterocycles. The van der Waals surface area contributed by atoms with E-state index in [-0.39, 0.29) is 6.04 Å². The molecule has 0 spiro atoms. The van der Waals surface area contributed by atoms with Gasteiger partial charge in [-0.2, -0.15) is 0 Å². The van der Waals surface area contributed by atoms with Crippen molar-refractivity contribution in [2.75, 3.05) is 4.90 Å². The zero-order valence-electron chi connectivity index (χ0n) is 21.1. The highest BCUT2D eigenvalue weighted by molar-refractivity contribution is 9.11. The van der Waals surface area contributed by atoms with Gasteiger partial charge in [0.05, 0.1) is 6.04 Å². The Bertz CT molecular complexity index is 1620. The first-order valence-corrected chi connectivity index (χ1v) is 14.1. The Balaban J connectivity index is 1.22. The van der Waals surface area contributed by atoms with Crippen molar-refractivity contribution in [1.82, 2.24) is 0 Å². The largest absolute Gasteiger partial charge is 0.333 e. The van der Waals surface area contributed by atoms with E-state index in [0.717, 1.165) is 12.8 Å². The van der Waals surface area contributed by atoms with Crippen LogP contribution in [0.5, 0.6) is 0 Å². The fourth-order valence-corrected chi connectivity index (χ4v) is 6.37. The van der Waals surface area contributed by atoms with Crippen LogP contribution in [0.2, 0.25) is 0 Å². The maximum Gasteiger partial charge on any atom is 0.0630 e. The van der Waals surface area contributed by atoms with E-state index in [1.165, 1.54) is 54.8 Å². The lowest BCUT2D eigenvalue weighted by atomic mass is 9.85. The minimum absolute atomic E-state index is 0.269. The monoisotopic (exact) mass is 553 g/mol. The smallest absolute Gasteiger partial charge is 0.0630 e. The lowest BCUT2D eigenvalue weighted by Gasteiger charge is -2.30. The molecule has 2 unspecified atom stereocenters. The predicted octanol–water partition coefficient (Wildman–Crippen LogP) is 10.1. The van der Waals surface area contributed by atoms with Gasteiger partial charge in [-0.1, -0.05) is 125 Å². The van der Waals surface area contributed by atoms with Crippen LogP contribution < -0.4 is 4.90 Å². The number of halogens is 1. The normalized spacial score (nSPS) is 19.8. The van der Waals surface area contributed by atoms with Gasteiger partial charge in [-0.05, 0) is 80.6 Å². The molecular formula is C36H28BrN. The van der Waals surface area contributed by atoms with Crippen LogP contribution in [0.25, 0.3) is 22.3 Å². The number of benzene rings is 4. The molecule has 0 amide bonds. The summed E-state index contributed by atoms with van der Waals surface area (Å²) in [6, 6.07) is 37.8. The van der Waals surface area contributed by atoms with Gasteiger partial charge in [0.1, 0.15) is 0 Å². The summed E-state index contributed by atoms with van der Waals surface area (Å²) in [5.74, 6) is 0.316. The molecule has 1 aliphatic heterocycles. The molecule has 4 aromatic rings. The first-order chi connectivity index (χ1) is 18.7. The number of hydrogen-bond donors (Lipinski definition) is 0. The van der Waals surface area contributed by atoms with E-state index in [1.54, 1.807) is 0 Å².